The summed E-state index contributed by atoms with van der Waals surface area (Å²) in [6.07, 6.45) is 0. The van der Waals surface area contributed by atoms with Gasteiger partial charge in [0.15, 0.2) is 5.75 Å². The number of halogens is 1. The van der Waals surface area contributed by atoms with Crippen molar-refractivity contribution >= 4 is 25.4 Å². The van der Waals surface area contributed by atoms with Crippen molar-refractivity contribution in [2.75, 3.05) is 5.94 Å². The van der Waals surface area contributed by atoms with Gasteiger partial charge in [0.25, 0.3) is 9.05 Å². The van der Waals surface area contributed by atoms with Gasteiger partial charge >= 0.3 is 5.69 Å². The average Bonchev–Trinajstić information content (AvgIpc) is 2.14. The average molecular weight is 252 g/mol. The van der Waals surface area contributed by atoms with Gasteiger partial charge in [0, 0.05) is 16.7 Å². The molecular formula is C7H6ClNO5S. The van der Waals surface area contributed by atoms with E-state index in [0.29, 0.717) is 0 Å². The Labute approximate surface area is 90.0 Å². The van der Waals surface area contributed by atoms with Gasteiger partial charge in [-0.05, 0) is 6.07 Å². The molecule has 1 aromatic rings. The zero-order valence-electron chi connectivity index (χ0n) is 7.29. The highest BCUT2D eigenvalue weighted by atomic mass is 35.7. The lowest BCUT2D eigenvalue weighted by Gasteiger charge is -2.03. The first-order valence-corrected chi connectivity index (χ1v) is 6.16. The Morgan fingerprint density at radius 3 is 2.53 bits per heavy atom. The maximum atomic E-state index is 10.6. The van der Waals surface area contributed by atoms with Crippen molar-refractivity contribution < 1.29 is 18.1 Å². The SMILES string of the molecule is O=[N+]([O-])c1ccccc1OCS(=O)(=O)Cl. The lowest BCUT2D eigenvalue weighted by atomic mass is 10.3. The van der Waals surface area contributed by atoms with Crippen LogP contribution >= 0.6 is 10.7 Å². The molecule has 0 heterocycles. The maximum absolute atomic E-state index is 10.6. The second kappa shape index (κ2) is 4.45. The topological polar surface area (TPSA) is 86.5 Å². The van der Waals surface area contributed by atoms with Crippen molar-refractivity contribution in [2.24, 2.45) is 0 Å². The fraction of sp³-hybridized carbons (Fsp3) is 0.143. The van der Waals surface area contributed by atoms with Gasteiger partial charge in [0.2, 0.25) is 5.94 Å². The number of ether oxygens (including phenoxy) is 1. The summed E-state index contributed by atoms with van der Waals surface area (Å²) in [5.74, 6) is -0.939. The predicted octanol–water partition coefficient (Wildman–Crippen LogP) is 1.50. The van der Waals surface area contributed by atoms with E-state index >= 15 is 0 Å². The molecule has 0 aliphatic carbocycles. The molecule has 0 atom stereocenters. The molecule has 1 aromatic carbocycles. The molecule has 0 fully saturated rings. The van der Waals surface area contributed by atoms with Crippen molar-refractivity contribution in [3.8, 4) is 5.75 Å². The smallest absolute Gasteiger partial charge is 0.310 e. The van der Waals surface area contributed by atoms with Gasteiger partial charge in [-0.15, -0.1) is 0 Å². The van der Waals surface area contributed by atoms with Crippen LogP contribution in [0.5, 0.6) is 5.75 Å². The van der Waals surface area contributed by atoms with Gasteiger partial charge in [0.05, 0.1) is 4.92 Å². The Morgan fingerprint density at radius 2 is 2.00 bits per heavy atom. The number of hydrogen-bond acceptors (Lipinski definition) is 5. The van der Waals surface area contributed by atoms with E-state index in [0.717, 1.165) is 0 Å². The number of nitro benzene ring substituents is 1. The van der Waals surface area contributed by atoms with Crippen molar-refractivity contribution in [3.63, 3.8) is 0 Å². The molecule has 0 bridgehead atoms. The van der Waals surface area contributed by atoms with Crippen LogP contribution in [0.25, 0.3) is 0 Å². The summed E-state index contributed by atoms with van der Waals surface area (Å²) >= 11 is 0. The standard InChI is InChI=1S/C7H6ClNO5S/c8-15(12,13)5-14-7-4-2-1-3-6(7)9(10)11/h1-4H,5H2. The molecule has 0 radical (unpaired) electrons. The Hall–Kier alpha value is -1.34. The minimum atomic E-state index is -3.84. The van der Waals surface area contributed by atoms with Gasteiger partial charge in [-0.2, -0.15) is 0 Å². The van der Waals surface area contributed by atoms with Gasteiger partial charge < -0.3 is 4.74 Å². The Kier molecular flexibility index (Phi) is 3.48. The molecule has 1 rings (SSSR count). The molecule has 15 heavy (non-hydrogen) atoms. The van der Waals surface area contributed by atoms with E-state index in [9.17, 15) is 18.5 Å². The molecule has 0 spiro atoms. The molecule has 0 unspecified atom stereocenters. The monoisotopic (exact) mass is 251 g/mol. The summed E-state index contributed by atoms with van der Waals surface area (Å²) in [4.78, 5) is 9.82. The third-order valence-corrected chi connectivity index (χ3v) is 2.08. The zero-order valence-corrected chi connectivity index (χ0v) is 8.86. The van der Waals surface area contributed by atoms with Crippen LogP contribution in [0.1, 0.15) is 0 Å². The van der Waals surface area contributed by atoms with Crippen LogP contribution in [0.15, 0.2) is 24.3 Å². The quantitative estimate of drug-likeness (QED) is 0.460. The summed E-state index contributed by atoms with van der Waals surface area (Å²) in [6, 6.07) is 5.43. The first kappa shape index (κ1) is 11.7. The molecule has 0 aliphatic rings. The molecule has 82 valence electrons. The first-order valence-electron chi connectivity index (χ1n) is 3.69. The minimum Gasteiger partial charge on any atom is -0.469 e. The Morgan fingerprint density at radius 1 is 1.40 bits per heavy atom. The third kappa shape index (κ3) is 3.72. The van der Waals surface area contributed by atoms with Crippen LogP contribution in [0.4, 0.5) is 5.69 Å². The Bertz CT molecular complexity index is 472. The fourth-order valence-electron chi connectivity index (χ4n) is 0.864. The van der Waals surface area contributed by atoms with Gasteiger partial charge in [-0.25, -0.2) is 8.42 Å². The number of nitro groups is 1. The largest absolute Gasteiger partial charge is 0.469 e. The van der Waals surface area contributed by atoms with Crippen LogP contribution in [0, 0.1) is 10.1 Å². The molecule has 0 aromatic heterocycles. The maximum Gasteiger partial charge on any atom is 0.310 e. The predicted molar refractivity (Wildman–Crippen MR) is 53.4 cm³/mol. The van der Waals surface area contributed by atoms with Crippen molar-refractivity contribution in [1.29, 1.82) is 0 Å². The van der Waals surface area contributed by atoms with E-state index in [1.165, 1.54) is 24.3 Å². The lowest BCUT2D eigenvalue weighted by Crippen LogP contribution is -2.06. The highest BCUT2D eigenvalue weighted by Crippen LogP contribution is 2.26. The first-order chi connectivity index (χ1) is 6.90. The number of para-hydroxylation sites is 2. The number of nitrogens with zero attached hydrogens (tertiary/aromatic N) is 1. The molecular weight excluding hydrogens is 246 g/mol. The molecule has 8 heteroatoms. The summed E-state index contributed by atoms with van der Waals surface area (Å²) in [6.45, 7) is 0. The summed E-state index contributed by atoms with van der Waals surface area (Å²) in [5.41, 5.74) is -0.308. The van der Waals surface area contributed by atoms with Crippen molar-refractivity contribution in [3.05, 3.63) is 34.4 Å². The van der Waals surface area contributed by atoms with Gasteiger partial charge in [0.1, 0.15) is 0 Å². The minimum absolute atomic E-state index is 0.133. The number of benzene rings is 1. The van der Waals surface area contributed by atoms with E-state index < -0.39 is 19.9 Å². The van der Waals surface area contributed by atoms with Gasteiger partial charge in [-0.3, -0.25) is 10.1 Å². The van der Waals surface area contributed by atoms with Crippen LogP contribution in [0.3, 0.4) is 0 Å². The molecule has 0 aliphatic heterocycles. The summed E-state index contributed by atoms with van der Waals surface area (Å²) in [7, 11) is 1.05. The second-order valence-corrected chi connectivity index (χ2v) is 5.25. The van der Waals surface area contributed by atoms with Crippen LogP contribution in [-0.2, 0) is 9.05 Å². The summed E-state index contributed by atoms with van der Waals surface area (Å²) in [5, 5.41) is 10.5. The highest BCUT2D eigenvalue weighted by molar-refractivity contribution is 8.13. The van der Waals surface area contributed by atoms with E-state index in [1.807, 2.05) is 0 Å². The van der Waals surface area contributed by atoms with Crippen molar-refractivity contribution in [2.45, 2.75) is 0 Å². The second-order valence-electron chi connectivity index (χ2n) is 2.53. The van der Waals surface area contributed by atoms with E-state index in [1.54, 1.807) is 0 Å². The van der Waals surface area contributed by atoms with Crippen LogP contribution in [-0.4, -0.2) is 19.3 Å². The lowest BCUT2D eigenvalue weighted by molar-refractivity contribution is -0.385. The summed E-state index contributed by atoms with van der Waals surface area (Å²) < 4.78 is 25.8. The highest BCUT2D eigenvalue weighted by Gasteiger charge is 2.15. The van der Waals surface area contributed by atoms with E-state index in [2.05, 4.69) is 0 Å². The van der Waals surface area contributed by atoms with Gasteiger partial charge in [-0.1, -0.05) is 12.1 Å². The molecule has 0 saturated carbocycles. The van der Waals surface area contributed by atoms with Crippen LogP contribution < -0.4 is 4.74 Å². The number of rotatable bonds is 4. The zero-order chi connectivity index (χ0) is 11.5. The van der Waals surface area contributed by atoms with Crippen molar-refractivity contribution in [1.82, 2.24) is 0 Å². The van der Waals surface area contributed by atoms with E-state index in [-0.39, 0.29) is 11.4 Å². The fourth-order valence-corrected chi connectivity index (χ4v) is 1.27. The van der Waals surface area contributed by atoms with Crippen LogP contribution in [0.2, 0.25) is 0 Å². The Balaban J connectivity index is 2.90. The number of hydrogen-bond donors (Lipinski definition) is 0. The molecule has 6 nitrogen and oxygen atoms in total. The third-order valence-electron chi connectivity index (χ3n) is 1.42. The molecule has 0 N–H and O–H groups in total. The van der Waals surface area contributed by atoms with E-state index in [4.69, 9.17) is 15.4 Å². The normalized spacial score (nSPS) is 11.0. The molecule has 0 saturated heterocycles. The molecule has 0 amide bonds.